The van der Waals surface area contributed by atoms with Crippen molar-refractivity contribution >= 4 is 28.6 Å². The smallest absolute Gasteiger partial charge is 0.270 e. The molecule has 1 aliphatic rings. The number of fused-ring (bicyclic) bond motifs is 3. The van der Waals surface area contributed by atoms with E-state index >= 15 is 0 Å². The molecule has 4 rings (SSSR count). The highest BCUT2D eigenvalue weighted by atomic mass is 16.6. The maximum atomic E-state index is 12.9. The largest absolute Gasteiger partial charge is 0.280 e. The zero-order chi connectivity index (χ0) is 18.1. The van der Waals surface area contributed by atoms with Gasteiger partial charge in [-0.25, -0.2) is 0 Å². The molecule has 0 radical (unpaired) electrons. The highest BCUT2D eigenvalue weighted by Crippen LogP contribution is 2.32. The minimum Gasteiger partial charge on any atom is -0.280 e. The average molecular weight is 346 g/mol. The van der Waals surface area contributed by atoms with Gasteiger partial charge in [-0.2, -0.15) is 0 Å². The second-order valence-electron chi connectivity index (χ2n) is 6.51. The van der Waals surface area contributed by atoms with E-state index in [1.54, 1.807) is 22.8 Å². The fraction of sp³-hybridized carbons (Fsp3) is 0.190. The standard InChI is InChI=1S/C21H18N2O3/c24-21(13-12-15-6-5-7-16(14-15)23(25)26)22-19-10-3-1-8-17(19)18-9-2-4-11-20(18)22/h1,3,5-8,10,12-14H,2,4,9,11H2. The number of non-ortho nitro benzene ring substituents is 1. The Hall–Kier alpha value is -3.21. The van der Waals surface area contributed by atoms with Gasteiger partial charge in [0.15, 0.2) is 0 Å². The van der Waals surface area contributed by atoms with Crippen LogP contribution in [0.5, 0.6) is 0 Å². The van der Waals surface area contributed by atoms with Crippen LogP contribution < -0.4 is 0 Å². The lowest BCUT2D eigenvalue weighted by Gasteiger charge is -2.14. The van der Waals surface area contributed by atoms with Crippen molar-refractivity contribution in [3.63, 3.8) is 0 Å². The third kappa shape index (κ3) is 2.81. The van der Waals surface area contributed by atoms with E-state index in [-0.39, 0.29) is 11.6 Å². The van der Waals surface area contributed by atoms with Crippen molar-refractivity contribution in [3.8, 4) is 0 Å². The number of carbonyl (C=O) groups is 1. The van der Waals surface area contributed by atoms with Crippen molar-refractivity contribution in [1.29, 1.82) is 0 Å². The second kappa shape index (κ2) is 6.59. The van der Waals surface area contributed by atoms with Crippen molar-refractivity contribution < 1.29 is 9.72 Å². The van der Waals surface area contributed by atoms with Crippen LogP contribution in [0.25, 0.3) is 17.0 Å². The predicted octanol–water partition coefficient (Wildman–Crippen LogP) is 4.78. The van der Waals surface area contributed by atoms with Crippen molar-refractivity contribution in [2.24, 2.45) is 0 Å². The van der Waals surface area contributed by atoms with Gasteiger partial charge in [0.2, 0.25) is 0 Å². The minimum atomic E-state index is -0.436. The maximum Gasteiger partial charge on any atom is 0.270 e. The maximum absolute atomic E-state index is 12.9. The predicted molar refractivity (Wildman–Crippen MR) is 101 cm³/mol. The lowest BCUT2D eigenvalue weighted by molar-refractivity contribution is -0.384. The Balaban J connectivity index is 1.73. The van der Waals surface area contributed by atoms with E-state index in [1.807, 2.05) is 18.2 Å². The van der Waals surface area contributed by atoms with E-state index in [9.17, 15) is 14.9 Å². The number of allylic oxidation sites excluding steroid dienone is 1. The number of hydrogen-bond acceptors (Lipinski definition) is 3. The van der Waals surface area contributed by atoms with Gasteiger partial charge in [0.05, 0.1) is 10.4 Å². The molecule has 1 aromatic heterocycles. The number of carbonyl (C=O) groups excluding carboxylic acids is 1. The Morgan fingerprint density at radius 2 is 1.88 bits per heavy atom. The first-order chi connectivity index (χ1) is 12.6. The molecule has 0 fully saturated rings. The van der Waals surface area contributed by atoms with Crippen molar-refractivity contribution in [3.05, 3.63) is 81.5 Å². The first-order valence-electron chi connectivity index (χ1n) is 8.73. The summed E-state index contributed by atoms with van der Waals surface area (Å²) < 4.78 is 1.80. The van der Waals surface area contributed by atoms with Crippen molar-refractivity contribution in [2.45, 2.75) is 25.7 Å². The Morgan fingerprint density at radius 3 is 2.73 bits per heavy atom. The number of aromatic nitrogens is 1. The molecule has 1 aliphatic carbocycles. The van der Waals surface area contributed by atoms with Crippen LogP contribution in [-0.4, -0.2) is 15.4 Å². The van der Waals surface area contributed by atoms with Crippen LogP contribution in [0.4, 0.5) is 5.69 Å². The number of nitrogens with zero attached hydrogens (tertiary/aromatic N) is 2. The van der Waals surface area contributed by atoms with E-state index in [1.165, 1.54) is 23.8 Å². The van der Waals surface area contributed by atoms with Crippen LogP contribution >= 0.6 is 0 Å². The molecule has 3 aromatic rings. The molecule has 26 heavy (non-hydrogen) atoms. The minimum absolute atomic E-state index is 0.0170. The van der Waals surface area contributed by atoms with Crippen LogP contribution in [0.2, 0.25) is 0 Å². The lowest BCUT2D eigenvalue weighted by atomic mass is 9.95. The summed E-state index contributed by atoms with van der Waals surface area (Å²) in [6.07, 6.45) is 7.29. The molecule has 0 spiro atoms. The third-order valence-electron chi connectivity index (χ3n) is 4.90. The zero-order valence-electron chi connectivity index (χ0n) is 14.2. The van der Waals surface area contributed by atoms with Crippen molar-refractivity contribution in [1.82, 2.24) is 4.57 Å². The van der Waals surface area contributed by atoms with Gasteiger partial charge in [-0.3, -0.25) is 19.5 Å². The molecule has 0 unspecified atom stereocenters. The first-order valence-corrected chi connectivity index (χ1v) is 8.73. The van der Waals surface area contributed by atoms with E-state index in [0.29, 0.717) is 5.56 Å². The van der Waals surface area contributed by atoms with Crippen LogP contribution in [0, 0.1) is 10.1 Å². The van der Waals surface area contributed by atoms with E-state index in [4.69, 9.17) is 0 Å². The molecular weight excluding hydrogens is 328 g/mol. The number of hydrogen-bond donors (Lipinski definition) is 0. The summed E-state index contributed by atoms with van der Waals surface area (Å²) in [4.78, 5) is 23.4. The van der Waals surface area contributed by atoms with Gasteiger partial charge < -0.3 is 0 Å². The van der Waals surface area contributed by atoms with Gasteiger partial charge in [0.25, 0.3) is 11.6 Å². The molecule has 130 valence electrons. The molecule has 5 nitrogen and oxygen atoms in total. The molecular formula is C21H18N2O3. The number of aryl methyl sites for hydroxylation is 1. The van der Waals surface area contributed by atoms with Gasteiger partial charge in [0, 0.05) is 29.3 Å². The van der Waals surface area contributed by atoms with Gasteiger partial charge in [0.1, 0.15) is 0 Å². The monoisotopic (exact) mass is 346 g/mol. The van der Waals surface area contributed by atoms with E-state index in [2.05, 4.69) is 6.07 Å². The molecule has 5 heteroatoms. The zero-order valence-corrected chi connectivity index (χ0v) is 14.2. The van der Waals surface area contributed by atoms with Gasteiger partial charge in [-0.1, -0.05) is 30.3 Å². The third-order valence-corrected chi connectivity index (χ3v) is 4.90. The van der Waals surface area contributed by atoms with E-state index in [0.717, 1.165) is 42.3 Å². The van der Waals surface area contributed by atoms with Crippen LogP contribution in [-0.2, 0) is 12.8 Å². The summed E-state index contributed by atoms with van der Waals surface area (Å²) in [5, 5.41) is 12.0. The van der Waals surface area contributed by atoms with Crippen LogP contribution in [0.15, 0.2) is 54.6 Å². The summed E-state index contributed by atoms with van der Waals surface area (Å²) in [5.74, 6) is -0.115. The highest BCUT2D eigenvalue weighted by Gasteiger charge is 2.22. The Bertz CT molecular complexity index is 1050. The Morgan fingerprint density at radius 1 is 1.08 bits per heavy atom. The normalized spacial score (nSPS) is 13.8. The topological polar surface area (TPSA) is 65.1 Å². The Kier molecular flexibility index (Phi) is 4.13. The quantitative estimate of drug-likeness (QED) is 0.389. The molecule has 1 heterocycles. The van der Waals surface area contributed by atoms with Crippen LogP contribution in [0.3, 0.4) is 0 Å². The van der Waals surface area contributed by atoms with Gasteiger partial charge in [-0.15, -0.1) is 0 Å². The highest BCUT2D eigenvalue weighted by molar-refractivity contribution is 6.02. The average Bonchev–Trinajstić information content (AvgIpc) is 3.01. The van der Waals surface area contributed by atoms with Gasteiger partial charge in [-0.05, 0) is 49.0 Å². The molecule has 0 N–H and O–H groups in total. The molecule has 0 atom stereocenters. The summed E-state index contributed by atoms with van der Waals surface area (Å²) in [5.41, 5.74) is 3.98. The summed E-state index contributed by atoms with van der Waals surface area (Å²) in [6, 6.07) is 14.3. The van der Waals surface area contributed by atoms with Crippen molar-refractivity contribution in [2.75, 3.05) is 0 Å². The molecule has 0 bridgehead atoms. The van der Waals surface area contributed by atoms with Crippen LogP contribution in [0.1, 0.15) is 34.5 Å². The summed E-state index contributed by atoms with van der Waals surface area (Å²) in [6.45, 7) is 0. The molecule has 0 saturated heterocycles. The number of rotatable bonds is 3. The van der Waals surface area contributed by atoms with E-state index < -0.39 is 4.92 Å². The second-order valence-corrected chi connectivity index (χ2v) is 6.51. The summed E-state index contributed by atoms with van der Waals surface area (Å²) in [7, 11) is 0. The molecule has 2 aromatic carbocycles. The fourth-order valence-electron chi connectivity index (χ4n) is 3.73. The van der Waals surface area contributed by atoms with Gasteiger partial charge >= 0.3 is 0 Å². The number of benzene rings is 2. The Labute approximate surface area is 150 Å². The summed E-state index contributed by atoms with van der Waals surface area (Å²) >= 11 is 0. The first kappa shape index (κ1) is 16.3. The number of para-hydroxylation sites is 1. The number of nitro benzene ring substituents is 1. The molecule has 0 saturated carbocycles. The number of nitro groups is 1. The molecule has 0 amide bonds. The molecule has 0 aliphatic heterocycles. The lowest BCUT2D eigenvalue weighted by Crippen LogP contribution is -2.14. The fourth-order valence-corrected chi connectivity index (χ4v) is 3.73. The SMILES string of the molecule is O=C(C=Cc1cccc([N+](=O)[O-])c1)n1c2c(c3ccccc31)CCCC2.